The summed E-state index contributed by atoms with van der Waals surface area (Å²) in [7, 11) is 0. The van der Waals surface area contributed by atoms with Crippen LogP contribution in [0.2, 0.25) is 10.0 Å². The zero-order chi connectivity index (χ0) is 13.6. The number of rotatable bonds is 0. The van der Waals surface area contributed by atoms with Gasteiger partial charge >= 0.3 is 0 Å². The molecule has 1 aliphatic carbocycles. The molecule has 2 nitrogen and oxygen atoms in total. The van der Waals surface area contributed by atoms with Gasteiger partial charge in [0.1, 0.15) is 0 Å². The standard InChI is InChI=1S/C14H12BrCl2NO/c15-9-6-8-13(12(17)11(9)16)18-10-5-3-1-2-4-7(10)14(8)19/h6H,1-5H2,(H,18,19). The molecule has 100 valence electrons. The maximum atomic E-state index is 12.6. The summed E-state index contributed by atoms with van der Waals surface area (Å²) in [5.74, 6) is 0. The van der Waals surface area contributed by atoms with Crippen molar-refractivity contribution < 1.29 is 0 Å². The molecule has 2 aromatic rings. The number of aromatic amines is 1. The lowest BCUT2D eigenvalue weighted by Crippen LogP contribution is -2.14. The van der Waals surface area contributed by atoms with Gasteiger partial charge in [-0.15, -0.1) is 0 Å². The second kappa shape index (κ2) is 5.12. The van der Waals surface area contributed by atoms with Crippen LogP contribution >= 0.6 is 39.1 Å². The van der Waals surface area contributed by atoms with Gasteiger partial charge in [0.15, 0.2) is 5.43 Å². The minimum absolute atomic E-state index is 0.0879. The fourth-order valence-corrected chi connectivity index (χ4v) is 3.62. The number of aromatic nitrogens is 1. The fraction of sp³-hybridized carbons (Fsp3) is 0.357. The van der Waals surface area contributed by atoms with Gasteiger partial charge in [0, 0.05) is 21.1 Å². The zero-order valence-electron chi connectivity index (χ0n) is 10.2. The predicted octanol–water partition coefficient (Wildman–Crippen LogP) is 4.87. The maximum absolute atomic E-state index is 12.6. The highest BCUT2D eigenvalue weighted by Gasteiger charge is 2.18. The molecule has 5 heteroatoms. The smallest absolute Gasteiger partial charge is 0.192 e. The molecule has 0 unspecified atom stereocenters. The Labute approximate surface area is 129 Å². The van der Waals surface area contributed by atoms with E-state index in [0.717, 1.165) is 43.4 Å². The second-order valence-corrected chi connectivity index (χ2v) is 6.49. The minimum atomic E-state index is 0.0879. The average molecular weight is 361 g/mol. The molecule has 1 N–H and O–H groups in total. The summed E-state index contributed by atoms with van der Waals surface area (Å²) >= 11 is 15.7. The second-order valence-electron chi connectivity index (χ2n) is 4.88. The van der Waals surface area contributed by atoms with Crippen LogP contribution < -0.4 is 5.43 Å². The third kappa shape index (κ3) is 2.22. The summed E-state index contributed by atoms with van der Waals surface area (Å²) in [6, 6.07) is 1.76. The molecule has 1 aromatic heterocycles. The van der Waals surface area contributed by atoms with Gasteiger partial charge in [-0.1, -0.05) is 29.6 Å². The Morgan fingerprint density at radius 3 is 2.63 bits per heavy atom. The van der Waals surface area contributed by atoms with Crippen LogP contribution in [0.1, 0.15) is 30.5 Å². The summed E-state index contributed by atoms with van der Waals surface area (Å²) in [6.45, 7) is 0. The first-order chi connectivity index (χ1) is 9.09. The van der Waals surface area contributed by atoms with Crippen molar-refractivity contribution in [3.05, 3.63) is 42.1 Å². The van der Waals surface area contributed by atoms with Crippen LogP contribution in [-0.4, -0.2) is 4.98 Å². The monoisotopic (exact) mass is 359 g/mol. The number of H-pyrrole nitrogens is 1. The Kier molecular flexibility index (Phi) is 3.63. The average Bonchev–Trinajstić information content (AvgIpc) is 2.63. The quantitative estimate of drug-likeness (QED) is 0.527. The molecule has 19 heavy (non-hydrogen) atoms. The van der Waals surface area contributed by atoms with Crippen molar-refractivity contribution >= 4 is 50.0 Å². The lowest BCUT2D eigenvalue weighted by atomic mass is 10.0. The van der Waals surface area contributed by atoms with E-state index >= 15 is 0 Å². The van der Waals surface area contributed by atoms with E-state index in [1.807, 2.05) is 0 Å². The number of halogens is 3. The van der Waals surface area contributed by atoms with Crippen molar-refractivity contribution in [1.29, 1.82) is 0 Å². The van der Waals surface area contributed by atoms with Gasteiger partial charge < -0.3 is 4.98 Å². The van der Waals surface area contributed by atoms with Gasteiger partial charge in [0.2, 0.25) is 0 Å². The molecule has 0 aliphatic heterocycles. The molecule has 0 saturated carbocycles. The molecule has 0 spiro atoms. The van der Waals surface area contributed by atoms with Crippen LogP contribution in [0.15, 0.2) is 15.3 Å². The molecular formula is C14H12BrCl2NO. The minimum Gasteiger partial charge on any atom is -0.357 e. The highest BCUT2D eigenvalue weighted by molar-refractivity contribution is 9.10. The van der Waals surface area contributed by atoms with E-state index in [4.69, 9.17) is 23.2 Å². The Hall–Kier alpha value is -0.510. The highest BCUT2D eigenvalue weighted by atomic mass is 79.9. The topological polar surface area (TPSA) is 32.9 Å². The SMILES string of the molecule is O=c1c2c([nH]c3c(Cl)c(Cl)c(Br)cc13)CCCCC2. The van der Waals surface area contributed by atoms with Gasteiger partial charge in [0.25, 0.3) is 0 Å². The number of hydrogen-bond donors (Lipinski definition) is 1. The number of benzene rings is 1. The Balaban J connectivity index is 2.41. The highest BCUT2D eigenvalue weighted by Crippen LogP contribution is 2.35. The summed E-state index contributed by atoms with van der Waals surface area (Å²) in [4.78, 5) is 15.9. The van der Waals surface area contributed by atoms with Gasteiger partial charge in [-0.2, -0.15) is 0 Å². The van der Waals surface area contributed by atoms with Gasteiger partial charge in [-0.05, 0) is 47.7 Å². The van der Waals surface area contributed by atoms with Crippen LogP contribution in [0.25, 0.3) is 10.9 Å². The molecule has 1 heterocycles. The van der Waals surface area contributed by atoms with E-state index < -0.39 is 0 Å². The molecule has 1 aromatic carbocycles. The van der Waals surface area contributed by atoms with E-state index in [0.29, 0.717) is 25.4 Å². The lowest BCUT2D eigenvalue weighted by Gasteiger charge is -2.11. The van der Waals surface area contributed by atoms with Crippen molar-refractivity contribution in [3.63, 3.8) is 0 Å². The normalized spacial score (nSPS) is 15.3. The third-order valence-electron chi connectivity index (χ3n) is 3.67. The van der Waals surface area contributed by atoms with Crippen molar-refractivity contribution in [1.82, 2.24) is 4.98 Å². The van der Waals surface area contributed by atoms with Gasteiger partial charge in [-0.3, -0.25) is 4.79 Å². The molecule has 3 rings (SSSR count). The molecule has 0 fully saturated rings. The molecule has 0 radical (unpaired) electrons. The van der Waals surface area contributed by atoms with Crippen LogP contribution in [0.5, 0.6) is 0 Å². The van der Waals surface area contributed by atoms with E-state index in [9.17, 15) is 4.79 Å². The number of aryl methyl sites for hydroxylation is 1. The molecule has 0 bridgehead atoms. The lowest BCUT2D eigenvalue weighted by molar-refractivity contribution is 0.708. The van der Waals surface area contributed by atoms with Crippen LogP contribution in [0.4, 0.5) is 0 Å². The van der Waals surface area contributed by atoms with E-state index in [1.54, 1.807) is 6.07 Å². The van der Waals surface area contributed by atoms with E-state index in [1.165, 1.54) is 0 Å². The van der Waals surface area contributed by atoms with Crippen LogP contribution in [0.3, 0.4) is 0 Å². The summed E-state index contributed by atoms with van der Waals surface area (Å²) < 4.78 is 0.658. The Morgan fingerprint density at radius 1 is 1.11 bits per heavy atom. The number of nitrogens with one attached hydrogen (secondary N) is 1. The van der Waals surface area contributed by atoms with Crippen molar-refractivity contribution in [2.75, 3.05) is 0 Å². The molecule has 1 aliphatic rings. The Bertz CT molecular complexity index is 724. The van der Waals surface area contributed by atoms with Crippen molar-refractivity contribution in [3.8, 4) is 0 Å². The Morgan fingerprint density at radius 2 is 1.84 bits per heavy atom. The molecule has 0 atom stereocenters. The fourth-order valence-electron chi connectivity index (χ4n) is 2.68. The maximum Gasteiger partial charge on any atom is 0.192 e. The third-order valence-corrected chi connectivity index (χ3v) is 5.40. The first-order valence-electron chi connectivity index (χ1n) is 6.31. The molecular weight excluding hydrogens is 349 g/mol. The van der Waals surface area contributed by atoms with Gasteiger partial charge in [-0.25, -0.2) is 0 Å². The molecule has 0 amide bonds. The van der Waals surface area contributed by atoms with E-state index in [-0.39, 0.29) is 5.43 Å². The summed E-state index contributed by atoms with van der Waals surface area (Å²) in [5.41, 5.74) is 2.68. The van der Waals surface area contributed by atoms with Crippen LogP contribution in [0, 0.1) is 0 Å². The van der Waals surface area contributed by atoms with Gasteiger partial charge in [0.05, 0.1) is 15.6 Å². The van der Waals surface area contributed by atoms with Crippen molar-refractivity contribution in [2.24, 2.45) is 0 Å². The van der Waals surface area contributed by atoms with Crippen LogP contribution in [-0.2, 0) is 12.8 Å². The molecule has 0 saturated heterocycles. The van der Waals surface area contributed by atoms with E-state index in [2.05, 4.69) is 20.9 Å². The number of fused-ring (bicyclic) bond motifs is 2. The first kappa shape index (κ1) is 13.5. The zero-order valence-corrected chi connectivity index (χ0v) is 13.3. The summed E-state index contributed by atoms with van der Waals surface area (Å²) in [6.07, 6.45) is 5.10. The first-order valence-corrected chi connectivity index (χ1v) is 7.85. The van der Waals surface area contributed by atoms with Crippen molar-refractivity contribution in [2.45, 2.75) is 32.1 Å². The summed E-state index contributed by atoms with van der Waals surface area (Å²) in [5, 5.41) is 1.47. The number of hydrogen-bond acceptors (Lipinski definition) is 1. The largest absolute Gasteiger partial charge is 0.357 e. The predicted molar refractivity (Wildman–Crippen MR) is 83.5 cm³/mol. The number of pyridine rings is 1.